The molecule has 3 aromatic rings. The molecule has 0 radical (unpaired) electrons. The Morgan fingerprint density at radius 1 is 1.21 bits per heavy atom. The van der Waals surface area contributed by atoms with Gasteiger partial charge in [-0.3, -0.25) is 4.79 Å². The second kappa shape index (κ2) is 8.73. The summed E-state index contributed by atoms with van der Waals surface area (Å²) in [5.74, 6) is 0. The SMILES string of the molecule is Cc1ccc(C)c2[nH]c(=O)c(CN(CCO)C(=S)Nc3cccc(Cl)c3)cc12. The Balaban J connectivity index is 1.89. The first kappa shape index (κ1) is 20.3. The number of aliphatic hydroxyl groups is 1. The highest BCUT2D eigenvalue weighted by molar-refractivity contribution is 7.80. The minimum absolute atomic E-state index is 0.0824. The fraction of sp³-hybridized carbons (Fsp3) is 0.238. The maximum atomic E-state index is 12.6. The summed E-state index contributed by atoms with van der Waals surface area (Å²) in [6.07, 6.45) is 0. The summed E-state index contributed by atoms with van der Waals surface area (Å²) in [7, 11) is 0. The maximum absolute atomic E-state index is 12.6. The molecule has 0 aliphatic rings. The van der Waals surface area contributed by atoms with Crippen LogP contribution in [0.2, 0.25) is 5.02 Å². The van der Waals surface area contributed by atoms with Crippen LogP contribution in [0.3, 0.4) is 0 Å². The van der Waals surface area contributed by atoms with E-state index in [2.05, 4.69) is 10.3 Å². The predicted octanol–water partition coefficient (Wildman–Crippen LogP) is 3.99. The molecule has 3 N–H and O–H groups in total. The number of nitrogens with zero attached hydrogens (tertiary/aromatic N) is 1. The van der Waals surface area contributed by atoms with Gasteiger partial charge in [-0.2, -0.15) is 0 Å². The van der Waals surface area contributed by atoms with Gasteiger partial charge in [-0.15, -0.1) is 0 Å². The van der Waals surface area contributed by atoms with Gasteiger partial charge in [-0.25, -0.2) is 0 Å². The van der Waals surface area contributed by atoms with Gasteiger partial charge < -0.3 is 20.3 Å². The van der Waals surface area contributed by atoms with E-state index in [0.717, 1.165) is 27.7 Å². The Bertz CT molecular complexity index is 1080. The van der Waals surface area contributed by atoms with Crippen LogP contribution in [0.1, 0.15) is 16.7 Å². The van der Waals surface area contributed by atoms with Crippen molar-refractivity contribution in [1.29, 1.82) is 0 Å². The number of aliphatic hydroxyl groups excluding tert-OH is 1. The van der Waals surface area contributed by atoms with Crippen molar-refractivity contribution in [2.45, 2.75) is 20.4 Å². The number of hydrogen-bond acceptors (Lipinski definition) is 3. The van der Waals surface area contributed by atoms with Gasteiger partial charge in [0.05, 0.1) is 18.7 Å². The van der Waals surface area contributed by atoms with E-state index < -0.39 is 0 Å². The van der Waals surface area contributed by atoms with Crippen molar-refractivity contribution in [3.8, 4) is 0 Å². The zero-order chi connectivity index (χ0) is 20.3. The monoisotopic (exact) mass is 415 g/mol. The Labute approximate surface area is 174 Å². The fourth-order valence-corrected chi connectivity index (χ4v) is 3.55. The number of aromatic amines is 1. The largest absolute Gasteiger partial charge is 0.395 e. The van der Waals surface area contributed by atoms with E-state index in [1.807, 2.05) is 44.2 Å². The first-order chi connectivity index (χ1) is 13.4. The normalized spacial score (nSPS) is 10.9. The highest BCUT2D eigenvalue weighted by atomic mass is 35.5. The summed E-state index contributed by atoms with van der Waals surface area (Å²) in [5.41, 5.74) is 4.14. The van der Waals surface area contributed by atoms with Crippen LogP contribution in [0.25, 0.3) is 10.9 Å². The van der Waals surface area contributed by atoms with E-state index in [9.17, 15) is 9.90 Å². The van der Waals surface area contributed by atoms with Gasteiger partial charge in [0.25, 0.3) is 5.56 Å². The molecular formula is C21H22ClN3O2S. The number of aryl methyl sites for hydroxylation is 2. The summed E-state index contributed by atoms with van der Waals surface area (Å²) in [4.78, 5) is 17.4. The number of H-pyrrole nitrogens is 1. The van der Waals surface area contributed by atoms with Crippen LogP contribution < -0.4 is 10.9 Å². The molecule has 0 bridgehead atoms. The van der Waals surface area contributed by atoms with Crippen LogP contribution in [-0.4, -0.2) is 33.3 Å². The molecule has 1 aromatic heterocycles. The smallest absolute Gasteiger partial charge is 0.253 e. The van der Waals surface area contributed by atoms with Gasteiger partial charge in [0.1, 0.15) is 0 Å². The Morgan fingerprint density at radius 2 is 1.96 bits per heavy atom. The maximum Gasteiger partial charge on any atom is 0.253 e. The number of hydrogen-bond donors (Lipinski definition) is 3. The highest BCUT2D eigenvalue weighted by Gasteiger charge is 2.14. The van der Waals surface area contributed by atoms with Crippen molar-refractivity contribution in [2.24, 2.45) is 0 Å². The van der Waals surface area contributed by atoms with Crippen LogP contribution in [0.5, 0.6) is 0 Å². The standard InChI is InChI=1S/C21H22ClN3O2S/c1-13-6-7-14(2)19-18(13)10-15(20(27)24-19)12-25(8-9-26)21(28)23-17-5-3-4-16(22)11-17/h3-7,10-11,26H,8-9,12H2,1-2H3,(H,23,28)(H,24,27). The summed E-state index contributed by atoms with van der Waals surface area (Å²) >= 11 is 11.5. The van der Waals surface area contributed by atoms with Gasteiger partial charge in [0, 0.05) is 28.2 Å². The summed E-state index contributed by atoms with van der Waals surface area (Å²) in [6, 6.07) is 13.2. The summed E-state index contributed by atoms with van der Waals surface area (Å²) < 4.78 is 0. The summed E-state index contributed by atoms with van der Waals surface area (Å²) in [6.45, 7) is 4.49. The topological polar surface area (TPSA) is 68.4 Å². The van der Waals surface area contributed by atoms with Crippen LogP contribution in [0, 0.1) is 13.8 Å². The predicted molar refractivity (Wildman–Crippen MR) is 119 cm³/mol. The molecule has 28 heavy (non-hydrogen) atoms. The van der Waals surface area contributed by atoms with Gasteiger partial charge in [-0.05, 0) is 61.5 Å². The lowest BCUT2D eigenvalue weighted by atomic mass is 10.0. The molecule has 0 spiro atoms. The van der Waals surface area contributed by atoms with Crippen LogP contribution in [0.15, 0.2) is 47.3 Å². The van der Waals surface area contributed by atoms with Crippen LogP contribution >= 0.6 is 23.8 Å². The third-order valence-corrected chi connectivity index (χ3v) is 5.21. The fourth-order valence-electron chi connectivity index (χ4n) is 3.08. The van der Waals surface area contributed by atoms with E-state index >= 15 is 0 Å². The molecule has 0 atom stereocenters. The van der Waals surface area contributed by atoms with Crippen LogP contribution in [0.4, 0.5) is 5.69 Å². The van der Waals surface area contributed by atoms with E-state index in [1.54, 1.807) is 17.0 Å². The molecule has 146 valence electrons. The lowest BCUT2D eigenvalue weighted by Crippen LogP contribution is -2.37. The number of benzene rings is 2. The molecule has 0 aliphatic carbocycles. The van der Waals surface area contributed by atoms with Gasteiger partial charge in [0.2, 0.25) is 0 Å². The number of fused-ring (bicyclic) bond motifs is 1. The van der Waals surface area contributed by atoms with E-state index in [0.29, 0.717) is 22.2 Å². The third-order valence-electron chi connectivity index (χ3n) is 4.61. The van der Waals surface area contributed by atoms with Gasteiger partial charge in [0.15, 0.2) is 5.11 Å². The second-order valence-electron chi connectivity index (χ2n) is 6.70. The van der Waals surface area contributed by atoms with Crippen molar-refractivity contribution in [2.75, 3.05) is 18.5 Å². The molecule has 7 heteroatoms. The number of anilines is 1. The molecule has 0 saturated carbocycles. The first-order valence-corrected chi connectivity index (χ1v) is 9.72. The zero-order valence-electron chi connectivity index (χ0n) is 15.8. The molecule has 5 nitrogen and oxygen atoms in total. The molecule has 0 fully saturated rings. The van der Waals surface area contributed by atoms with Crippen molar-refractivity contribution < 1.29 is 5.11 Å². The van der Waals surface area contributed by atoms with E-state index in [4.69, 9.17) is 23.8 Å². The summed E-state index contributed by atoms with van der Waals surface area (Å²) in [5, 5.41) is 14.6. The highest BCUT2D eigenvalue weighted by Crippen LogP contribution is 2.20. The Kier molecular flexibility index (Phi) is 6.34. The lowest BCUT2D eigenvalue weighted by molar-refractivity contribution is 0.248. The van der Waals surface area contributed by atoms with E-state index in [-0.39, 0.29) is 18.7 Å². The van der Waals surface area contributed by atoms with Crippen molar-refractivity contribution in [3.63, 3.8) is 0 Å². The molecule has 0 saturated heterocycles. The number of rotatable bonds is 5. The Hall–Kier alpha value is -2.41. The van der Waals surface area contributed by atoms with Crippen molar-refractivity contribution in [1.82, 2.24) is 9.88 Å². The second-order valence-corrected chi connectivity index (χ2v) is 7.52. The van der Waals surface area contributed by atoms with Crippen molar-refractivity contribution in [3.05, 3.63) is 74.5 Å². The minimum atomic E-state index is -0.158. The zero-order valence-corrected chi connectivity index (χ0v) is 17.3. The number of thiocarbonyl (C=S) groups is 1. The Morgan fingerprint density at radius 3 is 2.68 bits per heavy atom. The first-order valence-electron chi connectivity index (χ1n) is 8.93. The van der Waals surface area contributed by atoms with Gasteiger partial charge >= 0.3 is 0 Å². The molecule has 0 unspecified atom stereocenters. The number of aromatic nitrogens is 1. The number of halogens is 1. The van der Waals surface area contributed by atoms with Crippen LogP contribution in [-0.2, 0) is 6.54 Å². The number of pyridine rings is 1. The molecule has 3 rings (SSSR count). The molecule has 1 heterocycles. The quantitative estimate of drug-likeness (QED) is 0.550. The lowest BCUT2D eigenvalue weighted by Gasteiger charge is -2.25. The third kappa shape index (κ3) is 4.52. The molecular weight excluding hydrogens is 394 g/mol. The average molecular weight is 416 g/mol. The van der Waals surface area contributed by atoms with Crippen molar-refractivity contribution >= 4 is 45.5 Å². The molecule has 0 aliphatic heterocycles. The van der Waals surface area contributed by atoms with E-state index in [1.165, 1.54) is 0 Å². The molecule has 2 aromatic carbocycles. The average Bonchev–Trinajstić information content (AvgIpc) is 2.65. The number of nitrogens with one attached hydrogen (secondary N) is 2. The molecule has 0 amide bonds. The van der Waals surface area contributed by atoms with Gasteiger partial charge in [-0.1, -0.05) is 29.8 Å². The minimum Gasteiger partial charge on any atom is -0.395 e.